The van der Waals surface area contributed by atoms with Gasteiger partial charge in [-0.3, -0.25) is 9.59 Å². The van der Waals surface area contributed by atoms with E-state index in [-0.39, 0.29) is 35.6 Å². The van der Waals surface area contributed by atoms with Crippen molar-refractivity contribution in [2.24, 2.45) is 5.92 Å². The summed E-state index contributed by atoms with van der Waals surface area (Å²) in [6, 6.07) is 2.79. The van der Waals surface area contributed by atoms with E-state index in [9.17, 15) is 19.5 Å². The van der Waals surface area contributed by atoms with Crippen molar-refractivity contribution in [1.82, 2.24) is 15.5 Å². The average Bonchev–Trinajstić information content (AvgIpc) is 2.76. The third-order valence-corrected chi connectivity index (χ3v) is 6.19. The fraction of sp³-hybridized carbons (Fsp3) is 0.690. The quantitative estimate of drug-likeness (QED) is 0.332. The second-order valence-electron chi connectivity index (χ2n) is 11.5. The molecule has 8 heteroatoms. The molecule has 3 N–H and O–H groups in total. The van der Waals surface area contributed by atoms with Crippen LogP contribution in [0.5, 0.6) is 5.75 Å². The van der Waals surface area contributed by atoms with E-state index in [1.165, 1.54) is 0 Å². The monoisotopic (exact) mass is 519 g/mol. The van der Waals surface area contributed by atoms with Gasteiger partial charge in [0.2, 0.25) is 11.8 Å². The lowest BCUT2D eigenvalue weighted by molar-refractivity contribution is -0.145. The van der Waals surface area contributed by atoms with Crippen LogP contribution in [0.4, 0.5) is 4.79 Å². The summed E-state index contributed by atoms with van der Waals surface area (Å²) in [6.07, 6.45) is 2.04. The molecule has 0 heterocycles. The van der Waals surface area contributed by atoms with E-state index in [1.807, 2.05) is 34.6 Å². The van der Waals surface area contributed by atoms with Crippen LogP contribution in [-0.4, -0.2) is 51.6 Å². The Hall–Kier alpha value is -2.77. The van der Waals surface area contributed by atoms with E-state index in [0.29, 0.717) is 24.0 Å². The predicted octanol–water partition coefficient (Wildman–Crippen LogP) is 5.61. The number of carbonyl (C=O) groups is 3. The van der Waals surface area contributed by atoms with Crippen LogP contribution in [0.15, 0.2) is 18.2 Å². The van der Waals surface area contributed by atoms with Gasteiger partial charge in [0, 0.05) is 12.1 Å². The van der Waals surface area contributed by atoms with E-state index in [2.05, 4.69) is 17.6 Å². The standard InChI is InChI=1S/C29H49N3O5/c1-11-13-20(6)30-26(34)25(22-14-15-24(33)19(5)17-22)32(21(7)12-2)27(35)23(16-18(3)4)31-28(36)37-29(8,9)10/h14-15,17-18,20-21,23,25,33H,11-13,16H2,1-10H3,(H,30,34)(H,31,36). The van der Waals surface area contributed by atoms with Crippen LogP contribution >= 0.6 is 0 Å². The van der Waals surface area contributed by atoms with Gasteiger partial charge in [0.15, 0.2) is 0 Å². The van der Waals surface area contributed by atoms with Crippen LogP contribution in [0.1, 0.15) is 105 Å². The molecule has 0 saturated heterocycles. The summed E-state index contributed by atoms with van der Waals surface area (Å²) >= 11 is 0. The molecule has 0 saturated carbocycles. The first-order valence-electron chi connectivity index (χ1n) is 13.5. The molecule has 0 spiro atoms. The van der Waals surface area contributed by atoms with Crippen molar-refractivity contribution >= 4 is 17.9 Å². The summed E-state index contributed by atoms with van der Waals surface area (Å²) in [5, 5.41) is 16.0. The number of amides is 3. The number of alkyl carbamates (subject to hydrolysis) is 1. The molecule has 37 heavy (non-hydrogen) atoms. The number of phenols is 1. The van der Waals surface area contributed by atoms with Crippen molar-refractivity contribution in [1.29, 1.82) is 0 Å². The summed E-state index contributed by atoms with van der Waals surface area (Å²) in [6.45, 7) is 18.9. The van der Waals surface area contributed by atoms with Gasteiger partial charge in [0.1, 0.15) is 23.4 Å². The highest BCUT2D eigenvalue weighted by Crippen LogP contribution is 2.30. The van der Waals surface area contributed by atoms with E-state index in [0.717, 1.165) is 12.8 Å². The Kier molecular flexibility index (Phi) is 12.4. The first-order valence-corrected chi connectivity index (χ1v) is 13.5. The molecule has 4 atom stereocenters. The molecule has 1 aromatic carbocycles. The van der Waals surface area contributed by atoms with Gasteiger partial charge in [0.25, 0.3) is 0 Å². The normalized spacial score (nSPS) is 14.9. The lowest BCUT2D eigenvalue weighted by Gasteiger charge is -2.39. The molecule has 210 valence electrons. The van der Waals surface area contributed by atoms with Crippen LogP contribution < -0.4 is 10.6 Å². The zero-order valence-corrected chi connectivity index (χ0v) is 24.5. The van der Waals surface area contributed by atoms with Crippen molar-refractivity contribution < 1.29 is 24.2 Å². The van der Waals surface area contributed by atoms with Crippen LogP contribution in [0.3, 0.4) is 0 Å². The van der Waals surface area contributed by atoms with Crippen molar-refractivity contribution in [3.05, 3.63) is 29.3 Å². The molecule has 0 aliphatic rings. The molecule has 0 aliphatic carbocycles. The van der Waals surface area contributed by atoms with E-state index >= 15 is 0 Å². The fourth-order valence-corrected chi connectivity index (χ4v) is 4.23. The summed E-state index contributed by atoms with van der Waals surface area (Å²) in [5.41, 5.74) is 0.498. The van der Waals surface area contributed by atoms with E-state index < -0.39 is 23.8 Å². The van der Waals surface area contributed by atoms with Gasteiger partial charge in [-0.25, -0.2) is 4.79 Å². The van der Waals surface area contributed by atoms with Crippen LogP contribution in [-0.2, 0) is 14.3 Å². The van der Waals surface area contributed by atoms with Crippen LogP contribution in [0.25, 0.3) is 0 Å². The van der Waals surface area contributed by atoms with Gasteiger partial charge in [-0.2, -0.15) is 0 Å². The minimum absolute atomic E-state index is 0.0709. The van der Waals surface area contributed by atoms with Gasteiger partial charge in [-0.05, 0) is 90.0 Å². The Morgan fingerprint density at radius 3 is 2.16 bits per heavy atom. The summed E-state index contributed by atoms with van der Waals surface area (Å²) in [5.74, 6) is -0.411. The number of hydrogen-bond donors (Lipinski definition) is 3. The smallest absolute Gasteiger partial charge is 0.408 e. The van der Waals surface area contributed by atoms with Crippen molar-refractivity contribution in [3.63, 3.8) is 0 Å². The number of benzene rings is 1. The van der Waals surface area contributed by atoms with Crippen LogP contribution in [0.2, 0.25) is 0 Å². The molecule has 0 bridgehead atoms. The number of carbonyl (C=O) groups excluding carboxylic acids is 3. The number of nitrogens with one attached hydrogen (secondary N) is 2. The highest BCUT2D eigenvalue weighted by molar-refractivity contribution is 5.92. The maximum Gasteiger partial charge on any atom is 0.408 e. The molecule has 4 unspecified atom stereocenters. The molecule has 0 radical (unpaired) electrons. The molecule has 1 rings (SSSR count). The lowest BCUT2D eigenvalue weighted by atomic mass is 9.96. The second kappa shape index (κ2) is 14.2. The zero-order valence-electron chi connectivity index (χ0n) is 24.5. The van der Waals surface area contributed by atoms with Crippen molar-refractivity contribution in [3.8, 4) is 5.75 Å². The Morgan fingerprint density at radius 1 is 1.05 bits per heavy atom. The first-order chi connectivity index (χ1) is 17.1. The number of hydrogen-bond acceptors (Lipinski definition) is 5. The van der Waals surface area contributed by atoms with Gasteiger partial charge in [0.05, 0.1) is 0 Å². The largest absolute Gasteiger partial charge is 0.508 e. The molecule has 0 aromatic heterocycles. The number of nitrogens with zero attached hydrogens (tertiary/aromatic N) is 1. The first kappa shape index (κ1) is 32.3. The Balaban J connectivity index is 3.58. The second-order valence-corrected chi connectivity index (χ2v) is 11.5. The minimum atomic E-state index is -0.934. The Bertz CT molecular complexity index is 909. The summed E-state index contributed by atoms with van der Waals surface area (Å²) < 4.78 is 5.44. The highest BCUT2D eigenvalue weighted by atomic mass is 16.6. The zero-order chi connectivity index (χ0) is 28.5. The minimum Gasteiger partial charge on any atom is -0.508 e. The molecule has 8 nitrogen and oxygen atoms in total. The summed E-state index contributed by atoms with van der Waals surface area (Å²) in [7, 11) is 0. The van der Waals surface area contributed by atoms with E-state index in [1.54, 1.807) is 50.8 Å². The van der Waals surface area contributed by atoms with Gasteiger partial charge >= 0.3 is 6.09 Å². The molecule has 0 fully saturated rings. The maximum atomic E-state index is 14.2. The van der Waals surface area contributed by atoms with Gasteiger partial charge < -0.3 is 25.4 Å². The number of rotatable bonds is 12. The van der Waals surface area contributed by atoms with Gasteiger partial charge in [-0.1, -0.05) is 40.2 Å². The number of ether oxygens (including phenoxy) is 1. The molecular formula is C29H49N3O5. The molecule has 3 amide bonds. The third-order valence-electron chi connectivity index (χ3n) is 6.19. The predicted molar refractivity (Wildman–Crippen MR) is 147 cm³/mol. The molecular weight excluding hydrogens is 470 g/mol. The lowest BCUT2D eigenvalue weighted by Crippen LogP contribution is -2.56. The molecule has 0 aliphatic heterocycles. The van der Waals surface area contributed by atoms with Crippen molar-refractivity contribution in [2.45, 2.75) is 125 Å². The SMILES string of the molecule is CCCC(C)NC(=O)C(c1ccc(O)c(C)c1)N(C(=O)C(CC(C)C)NC(=O)OC(C)(C)C)C(C)CC. The van der Waals surface area contributed by atoms with Crippen LogP contribution in [0, 0.1) is 12.8 Å². The average molecular weight is 520 g/mol. The fourth-order valence-electron chi connectivity index (χ4n) is 4.23. The topological polar surface area (TPSA) is 108 Å². The Labute approximate surface area is 223 Å². The number of aryl methyl sites for hydroxylation is 1. The number of aromatic hydroxyl groups is 1. The Morgan fingerprint density at radius 2 is 1.68 bits per heavy atom. The maximum absolute atomic E-state index is 14.2. The highest BCUT2D eigenvalue weighted by Gasteiger charge is 2.39. The third kappa shape index (κ3) is 10.3. The molecule has 1 aromatic rings. The summed E-state index contributed by atoms with van der Waals surface area (Å²) in [4.78, 5) is 42.2. The van der Waals surface area contributed by atoms with Gasteiger partial charge in [-0.15, -0.1) is 0 Å². The van der Waals surface area contributed by atoms with E-state index in [4.69, 9.17) is 4.74 Å². The number of phenolic OH excluding ortho intramolecular Hbond substituents is 1. The van der Waals surface area contributed by atoms with Crippen molar-refractivity contribution in [2.75, 3.05) is 0 Å².